The van der Waals surface area contributed by atoms with Gasteiger partial charge in [0.15, 0.2) is 9.84 Å². The fourth-order valence-electron chi connectivity index (χ4n) is 2.12. The number of sulfone groups is 1. The molecule has 0 heterocycles. The molecule has 1 N–H and O–H groups in total. The molecule has 17 heavy (non-hydrogen) atoms. The molecule has 1 fully saturated rings. The van der Waals surface area contributed by atoms with Crippen LogP contribution in [0.1, 0.15) is 37.4 Å². The Labute approximate surface area is 102 Å². The first kappa shape index (κ1) is 12.6. The summed E-state index contributed by atoms with van der Waals surface area (Å²) < 4.78 is 22.6. The minimum absolute atomic E-state index is 0.303. The number of benzene rings is 1. The average molecular weight is 254 g/mol. The lowest BCUT2D eigenvalue weighted by Gasteiger charge is -2.27. The Morgan fingerprint density at radius 1 is 1.29 bits per heavy atom. The average Bonchev–Trinajstić information content (AvgIpc) is 2.22. The van der Waals surface area contributed by atoms with Crippen molar-refractivity contribution in [3.05, 3.63) is 29.8 Å². The standard InChI is InChI=1S/C13H18O3S/c1-17(15,16)12-7-5-11(6-8-12)13(14)9-10-3-2-4-10/h5-8,10,13-14H,2-4,9H2,1H3. The van der Waals surface area contributed by atoms with Crippen LogP contribution in [-0.2, 0) is 9.84 Å². The Morgan fingerprint density at radius 2 is 1.88 bits per heavy atom. The van der Waals surface area contributed by atoms with Crippen molar-refractivity contribution in [2.24, 2.45) is 5.92 Å². The van der Waals surface area contributed by atoms with Crippen LogP contribution in [0.15, 0.2) is 29.2 Å². The van der Waals surface area contributed by atoms with Crippen LogP contribution in [-0.4, -0.2) is 19.8 Å². The summed E-state index contributed by atoms with van der Waals surface area (Å²) in [6.07, 6.45) is 5.20. The molecule has 3 nitrogen and oxygen atoms in total. The molecule has 2 rings (SSSR count). The summed E-state index contributed by atoms with van der Waals surface area (Å²) in [5, 5.41) is 10.0. The van der Waals surface area contributed by atoms with Crippen LogP contribution in [0.25, 0.3) is 0 Å². The molecule has 1 atom stereocenters. The third-order valence-corrected chi connectivity index (χ3v) is 4.60. The third kappa shape index (κ3) is 3.07. The lowest BCUT2D eigenvalue weighted by Crippen LogP contribution is -2.14. The molecule has 1 unspecified atom stereocenters. The second-order valence-electron chi connectivity index (χ2n) is 4.89. The number of hydrogen-bond donors (Lipinski definition) is 1. The maximum Gasteiger partial charge on any atom is 0.175 e. The molecule has 4 heteroatoms. The molecule has 0 saturated heterocycles. The van der Waals surface area contributed by atoms with Crippen LogP contribution in [0.4, 0.5) is 0 Å². The van der Waals surface area contributed by atoms with Crippen LogP contribution in [0.5, 0.6) is 0 Å². The molecule has 0 bridgehead atoms. The lowest BCUT2D eigenvalue weighted by molar-refractivity contribution is 0.118. The van der Waals surface area contributed by atoms with Crippen LogP contribution in [0, 0.1) is 5.92 Å². The van der Waals surface area contributed by atoms with E-state index in [9.17, 15) is 13.5 Å². The van der Waals surface area contributed by atoms with E-state index in [4.69, 9.17) is 0 Å². The maximum absolute atomic E-state index is 11.3. The second-order valence-corrected chi connectivity index (χ2v) is 6.91. The first-order valence-electron chi connectivity index (χ1n) is 5.95. The van der Waals surface area contributed by atoms with Gasteiger partial charge in [0, 0.05) is 6.26 Å². The molecule has 1 aromatic rings. The van der Waals surface area contributed by atoms with Crippen molar-refractivity contribution < 1.29 is 13.5 Å². The van der Waals surface area contributed by atoms with E-state index in [0.29, 0.717) is 10.8 Å². The highest BCUT2D eigenvalue weighted by molar-refractivity contribution is 7.90. The quantitative estimate of drug-likeness (QED) is 0.897. The number of hydrogen-bond acceptors (Lipinski definition) is 3. The van der Waals surface area contributed by atoms with Gasteiger partial charge in [0.05, 0.1) is 11.0 Å². The Morgan fingerprint density at radius 3 is 2.29 bits per heavy atom. The van der Waals surface area contributed by atoms with Gasteiger partial charge in [-0.3, -0.25) is 0 Å². The lowest BCUT2D eigenvalue weighted by atomic mass is 9.80. The van der Waals surface area contributed by atoms with Gasteiger partial charge in [0.1, 0.15) is 0 Å². The van der Waals surface area contributed by atoms with Gasteiger partial charge in [-0.25, -0.2) is 8.42 Å². The Kier molecular flexibility index (Phi) is 3.54. The summed E-state index contributed by atoms with van der Waals surface area (Å²) in [5.41, 5.74) is 0.810. The number of aliphatic hydroxyl groups excluding tert-OH is 1. The van der Waals surface area contributed by atoms with E-state index in [1.807, 2.05) is 0 Å². The van der Waals surface area contributed by atoms with Crippen LogP contribution in [0.2, 0.25) is 0 Å². The van der Waals surface area contributed by atoms with Gasteiger partial charge in [-0.1, -0.05) is 31.4 Å². The molecule has 0 aromatic heterocycles. The second kappa shape index (κ2) is 4.78. The summed E-state index contributed by atoms with van der Waals surface area (Å²) in [5.74, 6) is 0.639. The minimum Gasteiger partial charge on any atom is -0.388 e. The molecular formula is C13H18O3S. The van der Waals surface area contributed by atoms with Crippen LogP contribution in [0.3, 0.4) is 0 Å². The molecule has 0 radical (unpaired) electrons. The van der Waals surface area contributed by atoms with E-state index >= 15 is 0 Å². The van der Waals surface area contributed by atoms with E-state index in [2.05, 4.69) is 0 Å². The zero-order valence-electron chi connectivity index (χ0n) is 9.96. The highest BCUT2D eigenvalue weighted by Crippen LogP contribution is 2.34. The molecule has 1 aliphatic carbocycles. The van der Waals surface area contributed by atoms with Crippen molar-refractivity contribution in [1.29, 1.82) is 0 Å². The molecule has 0 amide bonds. The van der Waals surface area contributed by atoms with Gasteiger partial charge in [-0.15, -0.1) is 0 Å². The fraction of sp³-hybridized carbons (Fsp3) is 0.538. The van der Waals surface area contributed by atoms with Gasteiger partial charge in [-0.2, -0.15) is 0 Å². The van der Waals surface area contributed by atoms with Crippen molar-refractivity contribution in [2.45, 2.75) is 36.7 Å². The minimum atomic E-state index is -3.14. The molecule has 94 valence electrons. The Hall–Kier alpha value is -0.870. The van der Waals surface area contributed by atoms with Gasteiger partial charge >= 0.3 is 0 Å². The summed E-state index contributed by atoms with van der Waals surface area (Å²) in [4.78, 5) is 0.303. The van der Waals surface area contributed by atoms with Crippen molar-refractivity contribution >= 4 is 9.84 Å². The first-order chi connectivity index (χ1) is 7.97. The SMILES string of the molecule is CS(=O)(=O)c1ccc(C(O)CC2CCC2)cc1. The third-order valence-electron chi connectivity index (χ3n) is 3.47. The molecular weight excluding hydrogens is 236 g/mol. The van der Waals surface area contributed by atoms with E-state index in [0.717, 1.165) is 12.0 Å². The largest absolute Gasteiger partial charge is 0.388 e. The molecule has 1 aliphatic rings. The Bertz CT molecular complexity index is 472. The van der Waals surface area contributed by atoms with Crippen molar-refractivity contribution in [3.63, 3.8) is 0 Å². The molecule has 1 saturated carbocycles. The smallest absolute Gasteiger partial charge is 0.175 e. The number of aliphatic hydroxyl groups is 1. The van der Waals surface area contributed by atoms with E-state index in [1.165, 1.54) is 25.5 Å². The van der Waals surface area contributed by atoms with E-state index in [-0.39, 0.29) is 0 Å². The normalized spacial score (nSPS) is 18.7. The summed E-state index contributed by atoms with van der Waals surface area (Å²) in [6.45, 7) is 0. The van der Waals surface area contributed by atoms with Crippen molar-refractivity contribution in [3.8, 4) is 0 Å². The highest BCUT2D eigenvalue weighted by Gasteiger charge is 2.21. The highest BCUT2D eigenvalue weighted by atomic mass is 32.2. The van der Waals surface area contributed by atoms with Gasteiger partial charge in [-0.05, 0) is 30.0 Å². The zero-order valence-corrected chi connectivity index (χ0v) is 10.8. The predicted octanol–water partition coefficient (Wildman–Crippen LogP) is 2.31. The fourth-order valence-corrected chi connectivity index (χ4v) is 2.75. The first-order valence-corrected chi connectivity index (χ1v) is 7.84. The molecule has 1 aromatic carbocycles. The summed E-state index contributed by atoms with van der Waals surface area (Å²) in [7, 11) is -3.14. The van der Waals surface area contributed by atoms with Crippen molar-refractivity contribution in [1.82, 2.24) is 0 Å². The van der Waals surface area contributed by atoms with Crippen molar-refractivity contribution in [2.75, 3.05) is 6.26 Å². The van der Waals surface area contributed by atoms with Gasteiger partial charge in [0.2, 0.25) is 0 Å². The maximum atomic E-state index is 11.3. The Balaban J connectivity index is 2.06. The van der Waals surface area contributed by atoms with E-state index < -0.39 is 15.9 Å². The zero-order chi connectivity index (χ0) is 12.5. The van der Waals surface area contributed by atoms with Crippen LogP contribution < -0.4 is 0 Å². The topological polar surface area (TPSA) is 54.4 Å². The molecule has 0 spiro atoms. The van der Waals surface area contributed by atoms with E-state index in [1.54, 1.807) is 24.3 Å². The van der Waals surface area contributed by atoms with Crippen LogP contribution >= 0.6 is 0 Å². The summed E-state index contributed by atoms with van der Waals surface area (Å²) >= 11 is 0. The van der Waals surface area contributed by atoms with Gasteiger partial charge < -0.3 is 5.11 Å². The van der Waals surface area contributed by atoms with Gasteiger partial charge in [0.25, 0.3) is 0 Å². The predicted molar refractivity (Wildman–Crippen MR) is 66.5 cm³/mol. The summed E-state index contributed by atoms with van der Waals surface area (Å²) in [6, 6.07) is 6.54. The number of rotatable bonds is 4. The molecule has 0 aliphatic heterocycles. The monoisotopic (exact) mass is 254 g/mol.